The number of benzene rings is 1. The van der Waals surface area contributed by atoms with Gasteiger partial charge in [0.15, 0.2) is 0 Å². The number of halogens is 1. The van der Waals surface area contributed by atoms with Crippen molar-refractivity contribution in [3.05, 3.63) is 35.6 Å². The minimum absolute atomic E-state index is 0.0677. The third kappa shape index (κ3) is 4.16. The first kappa shape index (κ1) is 14.2. The van der Waals surface area contributed by atoms with E-state index in [2.05, 4.69) is 0 Å². The Labute approximate surface area is 105 Å². The maximum atomic E-state index is 12.9. The average Bonchev–Trinajstić information content (AvgIpc) is 2.27. The minimum Gasteiger partial charge on any atom is -0.481 e. The van der Waals surface area contributed by atoms with Gasteiger partial charge in [0.1, 0.15) is 5.82 Å². The van der Waals surface area contributed by atoms with Crippen molar-refractivity contribution in [2.45, 2.75) is 25.8 Å². The van der Waals surface area contributed by atoms with Crippen molar-refractivity contribution in [3.8, 4) is 0 Å². The van der Waals surface area contributed by atoms with Crippen molar-refractivity contribution in [1.82, 2.24) is 4.90 Å². The van der Waals surface area contributed by atoms with Gasteiger partial charge in [0.2, 0.25) is 5.91 Å². The number of carbonyl (C=O) groups excluding carboxylic acids is 1. The largest absolute Gasteiger partial charge is 0.481 e. The van der Waals surface area contributed by atoms with Gasteiger partial charge in [0, 0.05) is 13.1 Å². The summed E-state index contributed by atoms with van der Waals surface area (Å²) in [5.41, 5.74) is 0.578. The molecule has 0 aliphatic rings. The van der Waals surface area contributed by atoms with Gasteiger partial charge < -0.3 is 10.0 Å². The summed E-state index contributed by atoms with van der Waals surface area (Å²) in [6.45, 7) is 1.66. The Balaban J connectivity index is 2.62. The smallest absolute Gasteiger partial charge is 0.305 e. The standard InChI is InChI=1S/C13H16FNO3/c1-9(6-13(17)18)15(2)12(16)8-10-4-3-5-11(14)7-10/h3-5,7,9H,6,8H2,1-2H3,(H,17,18). The second-order valence-corrected chi connectivity index (χ2v) is 4.26. The molecule has 1 aromatic carbocycles. The lowest BCUT2D eigenvalue weighted by Crippen LogP contribution is -2.37. The summed E-state index contributed by atoms with van der Waals surface area (Å²) in [5, 5.41) is 8.65. The van der Waals surface area contributed by atoms with Crippen LogP contribution in [0.25, 0.3) is 0 Å². The molecule has 0 aromatic heterocycles. The maximum Gasteiger partial charge on any atom is 0.305 e. The van der Waals surface area contributed by atoms with Crippen LogP contribution in [0, 0.1) is 5.82 Å². The molecule has 98 valence electrons. The van der Waals surface area contributed by atoms with Crippen LogP contribution < -0.4 is 0 Å². The molecule has 0 spiro atoms. The molecule has 0 radical (unpaired) electrons. The molecular formula is C13H16FNO3. The Morgan fingerprint density at radius 3 is 2.67 bits per heavy atom. The van der Waals surface area contributed by atoms with Gasteiger partial charge in [-0.3, -0.25) is 9.59 Å². The highest BCUT2D eigenvalue weighted by atomic mass is 19.1. The molecule has 1 aromatic rings. The van der Waals surface area contributed by atoms with Crippen LogP contribution in [0.1, 0.15) is 18.9 Å². The Bertz CT molecular complexity index is 448. The van der Waals surface area contributed by atoms with Crippen molar-refractivity contribution in [2.24, 2.45) is 0 Å². The van der Waals surface area contributed by atoms with Gasteiger partial charge >= 0.3 is 5.97 Å². The Morgan fingerprint density at radius 1 is 1.44 bits per heavy atom. The molecule has 0 aliphatic heterocycles. The summed E-state index contributed by atoms with van der Waals surface area (Å²) >= 11 is 0. The third-order valence-corrected chi connectivity index (χ3v) is 2.77. The van der Waals surface area contributed by atoms with E-state index >= 15 is 0 Å². The van der Waals surface area contributed by atoms with E-state index in [1.54, 1.807) is 26.1 Å². The van der Waals surface area contributed by atoms with E-state index in [1.807, 2.05) is 0 Å². The quantitative estimate of drug-likeness (QED) is 0.868. The first-order chi connectivity index (χ1) is 8.40. The number of hydrogen-bond donors (Lipinski definition) is 1. The SMILES string of the molecule is CC(CC(=O)O)N(C)C(=O)Cc1cccc(F)c1. The predicted molar refractivity (Wildman–Crippen MR) is 64.6 cm³/mol. The Morgan fingerprint density at radius 2 is 2.11 bits per heavy atom. The van der Waals surface area contributed by atoms with E-state index < -0.39 is 5.97 Å². The van der Waals surface area contributed by atoms with Gasteiger partial charge in [0.05, 0.1) is 12.8 Å². The second-order valence-electron chi connectivity index (χ2n) is 4.26. The zero-order valence-corrected chi connectivity index (χ0v) is 10.4. The van der Waals surface area contributed by atoms with Crippen molar-refractivity contribution >= 4 is 11.9 Å². The number of carbonyl (C=O) groups is 2. The van der Waals surface area contributed by atoms with Crippen molar-refractivity contribution in [2.75, 3.05) is 7.05 Å². The van der Waals surface area contributed by atoms with E-state index in [0.29, 0.717) is 5.56 Å². The van der Waals surface area contributed by atoms with Crippen LogP contribution in [0.4, 0.5) is 4.39 Å². The molecule has 1 rings (SSSR count). The summed E-state index contributed by atoms with van der Waals surface area (Å²) in [6.07, 6.45) is -0.0381. The molecular weight excluding hydrogens is 237 g/mol. The Kier molecular flexibility index (Phi) is 4.83. The van der Waals surface area contributed by atoms with Crippen LogP contribution in [0.2, 0.25) is 0 Å². The van der Waals surface area contributed by atoms with Gasteiger partial charge in [-0.2, -0.15) is 0 Å². The minimum atomic E-state index is -0.951. The van der Waals surface area contributed by atoms with Crippen molar-refractivity contribution in [1.29, 1.82) is 0 Å². The molecule has 0 saturated carbocycles. The van der Waals surface area contributed by atoms with Gasteiger partial charge in [-0.05, 0) is 24.6 Å². The number of amides is 1. The molecule has 0 aliphatic carbocycles. The highest BCUT2D eigenvalue weighted by molar-refractivity contribution is 5.79. The molecule has 1 atom stereocenters. The molecule has 4 nitrogen and oxygen atoms in total. The third-order valence-electron chi connectivity index (χ3n) is 2.77. The van der Waals surface area contributed by atoms with Crippen molar-refractivity contribution < 1.29 is 19.1 Å². The summed E-state index contributed by atoms with van der Waals surface area (Å²) in [4.78, 5) is 23.8. The van der Waals surface area contributed by atoms with Crippen LogP contribution in [-0.2, 0) is 16.0 Å². The zero-order valence-electron chi connectivity index (χ0n) is 10.4. The van der Waals surface area contributed by atoms with Gasteiger partial charge in [-0.15, -0.1) is 0 Å². The molecule has 0 heterocycles. The molecule has 5 heteroatoms. The fourth-order valence-corrected chi connectivity index (χ4v) is 1.58. The Hall–Kier alpha value is -1.91. The second kappa shape index (κ2) is 6.14. The zero-order chi connectivity index (χ0) is 13.7. The van der Waals surface area contributed by atoms with Gasteiger partial charge in [-0.25, -0.2) is 4.39 Å². The van der Waals surface area contributed by atoms with E-state index in [4.69, 9.17) is 5.11 Å². The number of aliphatic carboxylic acids is 1. The summed E-state index contributed by atoms with van der Waals surface area (Å²) in [6, 6.07) is 5.43. The highest BCUT2D eigenvalue weighted by Crippen LogP contribution is 2.08. The lowest BCUT2D eigenvalue weighted by Gasteiger charge is -2.23. The number of nitrogens with zero attached hydrogens (tertiary/aromatic N) is 1. The van der Waals surface area contributed by atoms with Crippen LogP contribution in [-0.4, -0.2) is 35.0 Å². The van der Waals surface area contributed by atoms with Crippen LogP contribution in [0.5, 0.6) is 0 Å². The average molecular weight is 253 g/mol. The monoisotopic (exact) mass is 253 g/mol. The lowest BCUT2D eigenvalue weighted by atomic mass is 10.1. The van der Waals surface area contributed by atoms with E-state index in [0.717, 1.165) is 0 Å². The molecule has 18 heavy (non-hydrogen) atoms. The number of carboxylic acid groups (broad SMARTS) is 1. The lowest BCUT2D eigenvalue weighted by molar-refractivity contribution is -0.139. The van der Waals surface area contributed by atoms with Gasteiger partial charge in [0.25, 0.3) is 0 Å². The number of carboxylic acids is 1. The maximum absolute atomic E-state index is 12.9. The summed E-state index contributed by atoms with van der Waals surface area (Å²) in [5.74, 6) is -1.57. The number of rotatable bonds is 5. The van der Waals surface area contributed by atoms with Crippen LogP contribution in [0.3, 0.4) is 0 Å². The van der Waals surface area contributed by atoms with E-state index in [-0.39, 0.29) is 30.6 Å². The number of hydrogen-bond acceptors (Lipinski definition) is 2. The molecule has 1 amide bonds. The van der Waals surface area contributed by atoms with E-state index in [1.165, 1.54) is 17.0 Å². The first-order valence-corrected chi connectivity index (χ1v) is 5.62. The van der Waals surface area contributed by atoms with Crippen molar-refractivity contribution in [3.63, 3.8) is 0 Å². The molecule has 0 saturated heterocycles. The fourth-order valence-electron chi connectivity index (χ4n) is 1.58. The summed E-state index contributed by atoms with van der Waals surface area (Å²) < 4.78 is 12.9. The predicted octanol–water partition coefficient (Wildman–Crippen LogP) is 1.69. The topological polar surface area (TPSA) is 57.6 Å². The van der Waals surface area contributed by atoms with Crippen LogP contribution >= 0.6 is 0 Å². The van der Waals surface area contributed by atoms with Gasteiger partial charge in [-0.1, -0.05) is 12.1 Å². The molecule has 0 fully saturated rings. The first-order valence-electron chi connectivity index (χ1n) is 5.62. The summed E-state index contributed by atoms with van der Waals surface area (Å²) in [7, 11) is 1.55. The normalized spacial score (nSPS) is 11.9. The number of likely N-dealkylation sites (N-methyl/N-ethyl adjacent to an activating group) is 1. The molecule has 1 unspecified atom stereocenters. The highest BCUT2D eigenvalue weighted by Gasteiger charge is 2.18. The fraction of sp³-hybridized carbons (Fsp3) is 0.385. The van der Waals surface area contributed by atoms with Crippen LogP contribution in [0.15, 0.2) is 24.3 Å². The molecule has 1 N–H and O–H groups in total. The van der Waals surface area contributed by atoms with E-state index in [9.17, 15) is 14.0 Å². The molecule has 0 bridgehead atoms.